The van der Waals surface area contributed by atoms with Gasteiger partial charge >= 0.3 is 0 Å². The number of aliphatic hydroxyl groups is 1. The molecule has 0 radical (unpaired) electrons. The highest BCUT2D eigenvalue weighted by Crippen LogP contribution is 2.75. The minimum absolute atomic E-state index is 0.0301. The first-order valence-electron chi connectivity index (χ1n) is 16.3. The summed E-state index contributed by atoms with van der Waals surface area (Å²) >= 11 is 0. The number of hydroxylamine groups is 1. The first-order chi connectivity index (χ1) is 18.7. The predicted octanol–water partition coefficient (Wildman–Crippen LogP) is 6.55. The van der Waals surface area contributed by atoms with E-state index in [-0.39, 0.29) is 40.9 Å². The van der Waals surface area contributed by atoms with Gasteiger partial charge in [-0.15, -0.1) is 0 Å². The molecule has 0 aliphatic heterocycles. The molecule has 0 saturated heterocycles. The van der Waals surface area contributed by atoms with Gasteiger partial charge in [0.25, 0.3) is 0 Å². The Morgan fingerprint density at radius 3 is 2.30 bits per heavy atom. The maximum Gasteiger partial charge on any atom is 0.243 e. The van der Waals surface area contributed by atoms with E-state index in [4.69, 9.17) is 5.21 Å². The summed E-state index contributed by atoms with van der Waals surface area (Å²) in [6.07, 6.45) is 13.1. The molecule has 0 aromatic heterocycles. The molecule has 4 N–H and O–H groups in total. The van der Waals surface area contributed by atoms with Gasteiger partial charge in [-0.2, -0.15) is 0 Å². The second-order valence-electron chi connectivity index (χ2n) is 16.1. The molecule has 0 unspecified atom stereocenters. The largest absolute Gasteiger partial charge is 0.391 e. The maximum atomic E-state index is 13.1. The van der Waals surface area contributed by atoms with E-state index in [2.05, 4.69) is 59.9 Å². The quantitative estimate of drug-likeness (QED) is 0.175. The van der Waals surface area contributed by atoms with E-state index in [0.717, 1.165) is 37.5 Å². The highest BCUT2D eigenvalue weighted by Gasteiger charge is 2.68. The van der Waals surface area contributed by atoms with Gasteiger partial charge in [-0.1, -0.05) is 53.2 Å². The lowest BCUT2D eigenvalue weighted by molar-refractivity contribution is -0.193. The number of hydrogen-bond donors (Lipinski definition) is 4. The number of allylic oxidation sites excluding steroid dienone is 2. The summed E-state index contributed by atoms with van der Waals surface area (Å²) in [5.41, 5.74) is 3.59. The number of hydrogen-bond acceptors (Lipinski definition) is 4. The third kappa shape index (κ3) is 4.24. The lowest BCUT2D eigenvalue weighted by Crippen LogP contribution is -2.71. The lowest BCUT2D eigenvalue weighted by atomic mass is 9.34. The molecule has 0 heterocycles. The standard InChI is InChI=1S/C34H56N2O4/c1-21-13-16-30(3)19-20-32(5)23(29(30)22(21)2)11-12-24-31(4)17-15-26(37)34(7,25(31)14-18-33(24,32)6)35-27(38)9-8-10-28(39)36-40/h11,21-22,24-26,29,37,40H,8-10,12-20H2,1-7H3,(H,35,38)(H,36,39)/t21-,22+,24-,25-,26-,29+,30-,31-,32-,33-,34-/m1/s1. The Bertz CT molecular complexity index is 1060. The molecular formula is C34H56N2O4. The van der Waals surface area contributed by atoms with Crippen molar-refractivity contribution in [2.45, 2.75) is 137 Å². The zero-order valence-corrected chi connectivity index (χ0v) is 26.2. The molecule has 2 amide bonds. The summed E-state index contributed by atoms with van der Waals surface area (Å²) in [5.74, 6) is 2.32. The number of aliphatic hydroxyl groups excluding tert-OH is 1. The van der Waals surface area contributed by atoms with Gasteiger partial charge in [0.15, 0.2) is 0 Å². The molecule has 0 bridgehead atoms. The fourth-order valence-corrected chi connectivity index (χ4v) is 11.5. The number of amides is 2. The van der Waals surface area contributed by atoms with Crippen molar-refractivity contribution in [2.24, 2.45) is 51.2 Å². The van der Waals surface area contributed by atoms with Crippen LogP contribution in [-0.2, 0) is 9.59 Å². The number of fused-ring (bicyclic) bond motifs is 7. The molecule has 40 heavy (non-hydrogen) atoms. The minimum atomic E-state index is -0.687. The van der Waals surface area contributed by atoms with Crippen LogP contribution in [-0.4, -0.2) is 33.8 Å². The molecule has 5 aliphatic rings. The van der Waals surface area contributed by atoms with Crippen molar-refractivity contribution >= 4 is 11.8 Å². The summed E-state index contributed by atoms with van der Waals surface area (Å²) in [7, 11) is 0. The molecule has 5 rings (SSSR count). The third-order valence-electron chi connectivity index (χ3n) is 14.4. The molecule has 6 heteroatoms. The van der Waals surface area contributed by atoms with Crippen LogP contribution in [0.5, 0.6) is 0 Å². The van der Waals surface area contributed by atoms with Crippen LogP contribution >= 0.6 is 0 Å². The van der Waals surface area contributed by atoms with Crippen molar-refractivity contribution in [2.75, 3.05) is 0 Å². The molecule has 5 aliphatic carbocycles. The smallest absolute Gasteiger partial charge is 0.243 e. The van der Waals surface area contributed by atoms with E-state index in [1.807, 2.05) is 0 Å². The molecule has 0 aromatic rings. The number of carbonyl (C=O) groups excluding carboxylic acids is 2. The summed E-state index contributed by atoms with van der Waals surface area (Å²) in [5, 5.41) is 23.4. The minimum Gasteiger partial charge on any atom is -0.391 e. The molecule has 6 nitrogen and oxygen atoms in total. The van der Waals surface area contributed by atoms with E-state index in [1.54, 1.807) is 11.1 Å². The van der Waals surface area contributed by atoms with Gasteiger partial charge in [0, 0.05) is 12.8 Å². The summed E-state index contributed by atoms with van der Waals surface area (Å²) in [6, 6.07) is 0. The second-order valence-corrected chi connectivity index (χ2v) is 16.1. The van der Waals surface area contributed by atoms with Crippen molar-refractivity contribution in [3.8, 4) is 0 Å². The Labute approximate surface area is 242 Å². The van der Waals surface area contributed by atoms with E-state index in [1.165, 1.54) is 25.7 Å². The van der Waals surface area contributed by atoms with Crippen LogP contribution in [0.25, 0.3) is 0 Å². The summed E-state index contributed by atoms with van der Waals surface area (Å²) in [6.45, 7) is 17.4. The van der Waals surface area contributed by atoms with Crippen molar-refractivity contribution in [1.82, 2.24) is 10.8 Å². The van der Waals surface area contributed by atoms with Crippen LogP contribution in [0.15, 0.2) is 11.6 Å². The van der Waals surface area contributed by atoms with Crippen LogP contribution in [0.3, 0.4) is 0 Å². The SMILES string of the molecule is C[C@H]1[C@H](C)CC[C@]2(C)CC[C@]3(C)C(=CC[C@@H]4[C@@]5(C)CC[C@@H](O)[C@](C)(NC(=O)CCCC(=O)NO)[C@@H]5CC[C@]43C)[C@H]12. The third-order valence-corrected chi connectivity index (χ3v) is 14.4. The van der Waals surface area contributed by atoms with E-state index >= 15 is 0 Å². The molecule has 11 atom stereocenters. The summed E-state index contributed by atoms with van der Waals surface area (Å²) < 4.78 is 0. The van der Waals surface area contributed by atoms with Crippen molar-refractivity contribution in [3.63, 3.8) is 0 Å². The van der Waals surface area contributed by atoms with Crippen molar-refractivity contribution in [3.05, 3.63) is 11.6 Å². The van der Waals surface area contributed by atoms with Gasteiger partial charge in [-0.25, -0.2) is 5.48 Å². The Kier molecular flexibility index (Phi) is 7.60. The normalized spacial score (nSPS) is 49.9. The van der Waals surface area contributed by atoms with Crippen LogP contribution < -0.4 is 10.8 Å². The first-order valence-corrected chi connectivity index (χ1v) is 16.3. The first kappa shape index (κ1) is 30.1. The zero-order chi connectivity index (χ0) is 29.3. The van der Waals surface area contributed by atoms with Gasteiger partial charge in [-0.05, 0) is 122 Å². The second kappa shape index (κ2) is 10.1. The van der Waals surface area contributed by atoms with E-state index in [0.29, 0.717) is 30.1 Å². The predicted molar refractivity (Wildman–Crippen MR) is 157 cm³/mol. The molecule has 4 fully saturated rings. The summed E-state index contributed by atoms with van der Waals surface area (Å²) in [4.78, 5) is 24.5. The monoisotopic (exact) mass is 556 g/mol. The van der Waals surface area contributed by atoms with Gasteiger partial charge in [0.05, 0.1) is 11.6 Å². The van der Waals surface area contributed by atoms with Crippen molar-refractivity contribution < 1.29 is 19.9 Å². The highest BCUT2D eigenvalue weighted by atomic mass is 16.5. The zero-order valence-electron chi connectivity index (χ0n) is 26.2. The van der Waals surface area contributed by atoms with Crippen LogP contribution in [0.2, 0.25) is 0 Å². The Hall–Kier alpha value is -1.40. The Morgan fingerprint density at radius 2 is 1.60 bits per heavy atom. The fraction of sp³-hybridized carbons (Fsp3) is 0.882. The number of nitrogens with one attached hydrogen (secondary N) is 2. The number of rotatable bonds is 5. The fourth-order valence-electron chi connectivity index (χ4n) is 11.5. The van der Waals surface area contributed by atoms with Gasteiger partial charge in [-0.3, -0.25) is 14.8 Å². The van der Waals surface area contributed by atoms with Crippen LogP contribution in [0.4, 0.5) is 0 Å². The molecular weight excluding hydrogens is 500 g/mol. The van der Waals surface area contributed by atoms with Gasteiger partial charge < -0.3 is 10.4 Å². The Balaban J connectivity index is 1.44. The molecule has 0 aromatic carbocycles. The molecule has 226 valence electrons. The average molecular weight is 557 g/mol. The highest BCUT2D eigenvalue weighted by molar-refractivity contribution is 5.79. The maximum absolute atomic E-state index is 13.1. The van der Waals surface area contributed by atoms with Gasteiger partial charge in [0.2, 0.25) is 11.8 Å². The molecule has 0 spiro atoms. The van der Waals surface area contributed by atoms with Crippen molar-refractivity contribution in [1.29, 1.82) is 0 Å². The van der Waals surface area contributed by atoms with E-state index in [9.17, 15) is 14.7 Å². The lowest BCUT2D eigenvalue weighted by Gasteiger charge is -2.71. The van der Waals surface area contributed by atoms with Crippen LogP contribution in [0.1, 0.15) is 126 Å². The van der Waals surface area contributed by atoms with Crippen LogP contribution in [0, 0.1) is 51.2 Å². The number of carbonyl (C=O) groups is 2. The topological polar surface area (TPSA) is 98.7 Å². The van der Waals surface area contributed by atoms with Gasteiger partial charge in [0.1, 0.15) is 0 Å². The average Bonchev–Trinajstić information content (AvgIpc) is 2.89. The van der Waals surface area contributed by atoms with E-state index < -0.39 is 17.6 Å². The Morgan fingerprint density at radius 1 is 0.900 bits per heavy atom. The molecule has 4 saturated carbocycles.